The van der Waals surface area contributed by atoms with E-state index in [1.807, 2.05) is 0 Å². The number of hydrogen-bond donors (Lipinski definition) is 1. The summed E-state index contributed by atoms with van der Waals surface area (Å²) in [6, 6.07) is 11.2. The molecule has 1 aliphatic rings. The Labute approximate surface area is 146 Å². The van der Waals surface area contributed by atoms with E-state index in [2.05, 4.69) is 5.32 Å². The number of halogens is 2. The van der Waals surface area contributed by atoms with Gasteiger partial charge in [0.25, 0.3) is 0 Å². The fourth-order valence-electron chi connectivity index (χ4n) is 2.38. The van der Waals surface area contributed by atoms with Gasteiger partial charge in [-0.05, 0) is 24.3 Å². The predicted octanol–water partition coefficient (Wildman–Crippen LogP) is 4.44. The van der Waals surface area contributed by atoms with Crippen LogP contribution < -0.4 is 5.32 Å². The number of anilines is 1. The maximum absolute atomic E-state index is 11.8. The van der Waals surface area contributed by atoms with E-state index < -0.39 is 17.0 Å². The molecule has 0 aliphatic carbocycles. The van der Waals surface area contributed by atoms with Crippen molar-refractivity contribution in [3.05, 3.63) is 85.6 Å². The Hall–Kier alpha value is -2.57. The van der Waals surface area contributed by atoms with Crippen LogP contribution in [-0.2, 0) is 4.74 Å². The van der Waals surface area contributed by atoms with Crippen molar-refractivity contribution in [1.29, 1.82) is 0 Å². The summed E-state index contributed by atoms with van der Waals surface area (Å²) in [4.78, 5) is 22.7. The fraction of sp³-hybridized carbons (Fsp3) is 0.0625. The minimum atomic E-state index is -1.08. The predicted molar refractivity (Wildman–Crippen MR) is 89.8 cm³/mol. The number of carbonyl (C=O) groups is 1. The molecule has 2 aromatic rings. The normalized spacial score (nSPS) is 16.5. The summed E-state index contributed by atoms with van der Waals surface area (Å²) in [5.41, 5.74) is 0.950. The van der Waals surface area contributed by atoms with Gasteiger partial charge in [0.2, 0.25) is 6.10 Å². The Morgan fingerprint density at radius 2 is 1.88 bits per heavy atom. The van der Waals surface area contributed by atoms with Crippen molar-refractivity contribution in [3.8, 4) is 0 Å². The number of nitrogens with one attached hydrogen (secondary N) is 1. The first kappa shape index (κ1) is 16.3. The Morgan fingerprint density at radius 1 is 1.21 bits per heavy atom. The molecule has 0 aromatic heterocycles. The van der Waals surface area contributed by atoms with Crippen molar-refractivity contribution < 1.29 is 14.5 Å². The van der Waals surface area contributed by atoms with Gasteiger partial charge in [-0.25, -0.2) is 4.79 Å². The van der Waals surface area contributed by atoms with Crippen molar-refractivity contribution in [2.45, 2.75) is 6.10 Å². The molecule has 0 saturated carbocycles. The number of nitro groups is 1. The first-order valence-electron chi connectivity index (χ1n) is 6.82. The highest BCUT2D eigenvalue weighted by Crippen LogP contribution is 2.36. The summed E-state index contributed by atoms with van der Waals surface area (Å²) in [6.07, 6.45) is 0.0908. The van der Waals surface area contributed by atoms with Gasteiger partial charge in [0.15, 0.2) is 0 Å². The van der Waals surface area contributed by atoms with Crippen molar-refractivity contribution in [1.82, 2.24) is 0 Å². The lowest BCUT2D eigenvalue weighted by molar-refractivity contribution is -0.436. The van der Waals surface area contributed by atoms with Crippen LogP contribution in [0.25, 0.3) is 0 Å². The van der Waals surface area contributed by atoms with E-state index >= 15 is 0 Å². The monoisotopic (exact) mass is 364 g/mol. The molecule has 0 fully saturated rings. The van der Waals surface area contributed by atoms with E-state index in [9.17, 15) is 14.9 Å². The van der Waals surface area contributed by atoms with Gasteiger partial charge < -0.3 is 10.1 Å². The van der Waals surface area contributed by atoms with E-state index in [0.29, 0.717) is 26.9 Å². The molecule has 1 aliphatic heterocycles. The Bertz CT molecular complexity index is 847. The number of hydrogen-bond acceptors (Lipinski definition) is 5. The molecule has 24 heavy (non-hydrogen) atoms. The number of nitrogens with zero attached hydrogens (tertiary/aromatic N) is 1. The third-order valence-electron chi connectivity index (χ3n) is 3.42. The number of fused-ring (bicyclic) bond motifs is 1. The van der Waals surface area contributed by atoms with Crippen molar-refractivity contribution in [2.24, 2.45) is 0 Å². The summed E-state index contributed by atoms with van der Waals surface area (Å²) < 4.78 is 5.15. The third-order valence-corrected chi connectivity index (χ3v) is 3.85. The SMILES string of the molecule is O=C1O[C@@H](/C(=C\Nc2cc(Cl)cc(Cl)c2)[N+](=O)[O-])c2ccccc21. The highest BCUT2D eigenvalue weighted by atomic mass is 35.5. The molecule has 1 heterocycles. The van der Waals surface area contributed by atoms with Crippen LogP contribution in [-0.4, -0.2) is 10.9 Å². The van der Waals surface area contributed by atoms with Gasteiger partial charge in [-0.2, -0.15) is 0 Å². The number of rotatable bonds is 4. The largest absolute Gasteiger partial charge is 0.442 e. The van der Waals surface area contributed by atoms with Crippen LogP contribution in [0.5, 0.6) is 0 Å². The summed E-state index contributed by atoms with van der Waals surface area (Å²) in [5, 5.41) is 15.0. The summed E-state index contributed by atoms with van der Waals surface area (Å²) in [5.74, 6) is -0.589. The average molecular weight is 365 g/mol. The molecule has 1 atom stereocenters. The van der Waals surface area contributed by atoms with Crippen molar-refractivity contribution in [3.63, 3.8) is 0 Å². The zero-order chi connectivity index (χ0) is 17.3. The molecular formula is C16H10Cl2N2O4. The topological polar surface area (TPSA) is 81.5 Å². The van der Waals surface area contributed by atoms with Gasteiger partial charge >= 0.3 is 11.7 Å². The van der Waals surface area contributed by atoms with E-state index in [-0.39, 0.29) is 5.70 Å². The maximum Gasteiger partial charge on any atom is 0.339 e. The molecule has 2 aromatic carbocycles. The lowest BCUT2D eigenvalue weighted by Crippen LogP contribution is -2.12. The van der Waals surface area contributed by atoms with E-state index in [1.165, 1.54) is 6.20 Å². The average Bonchev–Trinajstić information content (AvgIpc) is 2.84. The zero-order valence-electron chi connectivity index (χ0n) is 12.0. The molecule has 0 bridgehead atoms. The van der Waals surface area contributed by atoms with Crippen LogP contribution in [0.1, 0.15) is 22.0 Å². The van der Waals surface area contributed by atoms with Crippen LogP contribution in [0.4, 0.5) is 5.69 Å². The first-order valence-corrected chi connectivity index (χ1v) is 7.58. The second-order valence-corrected chi connectivity index (χ2v) is 5.87. The quantitative estimate of drug-likeness (QED) is 0.492. The molecule has 3 rings (SSSR count). The summed E-state index contributed by atoms with van der Waals surface area (Å²) >= 11 is 11.8. The maximum atomic E-state index is 11.8. The molecule has 1 N–H and O–H groups in total. The van der Waals surface area contributed by atoms with Crippen LogP contribution in [0.3, 0.4) is 0 Å². The standard InChI is InChI=1S/C16H10Cl2N2O4/c17-9-5-10(18)7-11(6-9)19-8-14(20(22)23)15-12-3-1-2-4-13(12)16(21)24-15/h1-8,15,19H/b14-8+/t15-/m1/s1. The van der Waals surface area contributed by atoms with Crippen molar-refractivity contribution >= 4 is 34.9 Å². The Balaban J connectivity index is 1.94. The molecule has 0 radical (unpaired) electrons. The smallest absolute Gasteiger partial charge is 0.339 e. The number of ether oxygens (including phenoxy) is 1. The van der Waals surface area contributed by atoms with E-state index in [0.717, 1.165) is 0 Å². The molecule has 6 nitrogen and oxygen atoms in total. The number of carbonyl (C=O) groups excluding carboxylic acids is 1. The third kappa shape index (κ3) is 3.20. The first-order chi connectivity index (χ1) is 11.5. The van der Waals surface area contributed by atoms with Crippen LogP contribution in [0.2, 0.25) is 10.0 Å². The highest BCUT2D eigenvalue weighted by Gasteiger charge is 2.39. The second kappa shape index (κ2) is 6.51. The molecule has 0 unspecified atom stereocenters. The molecule has 0 spiro atoms. The molecular weight excluding hydrogens is 355 g/mol. The summed E-state index contributed by atoms with van der Waals surface area (Å²) in [7, 11) is 0. The van der Waals surface area contributed by atoms with Crippen LogP contribution in [0, 0.1) is 10.1 Å². The lowest BCUT2D eigenvalue weighted by Gasteiger charge is -2.09. The zero-order valence-corrected chi connectivity index (χ0v) is 13.5. The molecule has 122 valence electrons. The van der Waals surface area contributed by atoms with Gasteiger partial charge in [-0.15, -0.1) is 0 Å². The van der Waals surface area contributed by atoms with Crippen LogP contribution >= 0.6 is 23.2 Å². The van der Waals surface area contributed by atoms with Crippen LogP contribution in [0.15, 0.2) is 54.4 Å². The minimum Gasteiger partial charge on any atom is -0.442 e. The van der Waals surface area contributed by atoms with Gasteiger partial charge in [0.05, 0.1) is 16.7 Å². The number of esters is 1. The lowest BCUT2D eigenvalue weighted by atomic mass is 10.0. The second-order valence-electron chi connectivity index (χ2n) is 5.00. The highest BCUT2D eigenvalue weighted by molar-refractivity contribution is 6.35. The van der Waals surface area contributed by atoms with E-state index in [4.69, 9.17) is 27.9 Å². The fourth-order valence-corrected chi connectivity index (χ4v) is 2.91. The molecule has 8 heteroatoms. The number of benzene rings is 2. The Kier molecular flexibility index (Phi) is 4.42. The van der Waals surface area contributed by atoms with Gasteiger partial charge in [0.1, 0.15) is 0 Å². The summed E-state index contributed by atoms with van der Waals surface area (Å²) in [6.45, 7) is 0. The molecule has 0 saturated heterocycles. The molecule has 0 amide bonds. The van der Waals surface area contributed by atoms with Gasteiger partial charge in [-0.3, -0.25) is 10.1 Å². The van der Waals surface area contributed by atoms with Crippen molar-refractivity contribution in [2.75, 3.05) is 5.32 Å². The van der Waals surface area contributed by atoms with Gasteiger partial charge in [0, 0.05) is 21.3 Å². The van der Waals surface area contributed by atoms with E-state index in [1.54, 1.807) is 42.5 Å². The van der Waals surface area contributed by atoms with Gasteiger partial charge in [-0.1, -0.05) is 41.4 Å². The Morgan fingerprint density at radius 3 is 2.54 bits per heavy atom. The number of cyclic esters (lactones) is 1. The minimum absolute atomic E-state index is 0.301.